The predicted octanol–water partition coefficient (Wildman–Crippen LogP) is 13.0. The van der Waals surface area contributed by atoms with Gasteiger partial charge in [0, 0.05) is 50.8 Å². The first-order chi connectivity index (χ1) is 20.7. The molecule has 0 saturated heterocycles. The Morgan fingerprint density at radius 3 is 1.43 bits per heavy atom. The normalized spacial score (nSPS) is 13.4. The number of hydrogen-bond donors (Lipinski definition) is 0. The quantitative estimate of drug-likeness (QED) is 0.0671. The molecule has 0 aliphatic carbocycles. The van der Waals surface area contributed by atoms with E-state index in [1.807, 2.05) is 45.3 Å². The molecule has 0 aliphatic heterocycles. The van der Waals surface area contributed by atoms with E-state index in [2.05, 4.69) is 61.0 Å². The third kappa shape index (κ3) is 7.65. The topological polar surface area (TPSA) is 0 Å². The fourth-order valence-electron chi connectivity index (χ4n) is 6.27. The van der Waals surface area contributed by atoms with Gasteiger partial charge < -0.3 is 0 Å². The van der Waals surface area contributed by atoms with Crippen molar-refractivity contribution in [2.24, 2.45) is 11.8 Å². The lowest BCUT2D eigenvalue weighted by atomic mass is 9.84. The van der Waals surface area contributed by atoms with Gasteiger partial charge in [-0.1, -0.05) is 90.7 Å². The van der Waals surface area contributed by atoms with Gasteiger partial charge in [-0.25, -0.2) is 0 Å². The number of rotatable bonds is 18. The van der Waals surface area contributed by atoms with Gasteiger partial charge in [0.25, 0.3) is 0 Å². The van der Waals surface area contributed by atoms with Gasteiger partial charge in [-0.3, -0.25) is 0 Å². The van der Waals surface area contributed by atoms with E-state index in [1.165, 1.54) is 115 Å². The van der Waals surface area contributed by atoms with Crippen LogP contribution in [-0.2, 0) is 12.8 Å². The van der Waals surface area contributed by atoms with Crippen LogP contribution < -0.4 is 0 Å². The smallest absolute Gasteiger partial charge is 0.0656 e. The first-order valence-corrected chi connectivity index (χ1v) is 19.5. The highest BCUT2D eigenvalue weighted by Crippen LogP contribution is 2.50. The molecule has 5 aromatic rings. The van der Waals surface area contributed by atoms with E-state index in [1.54, 1.807) is 0 Å². The van der Waals surface area contributed by atoms with Crippen molar-refractivity contribution in [3.05, 3.63) is 56.9 Å². The molecule has 4 heterocycles. The van der Waals surface area contributed by atoms with Crippen LogP contribution >= 0.6 is 45.3 Å². The van der Waals surface area contributed by atoms with Gasteiger partial charge in [-0.05, 0) is 71.8 Å². The molecule has 4 radical (unpaired) electrons. The van der Waals surface area contributed by atoms with Crippen LogP contribution in [0.5, 0.6) is 0 Å². The Labute approximate surface area is 272 Å². The molecule has 218 valence electrons. The molecule has 2 atom stereocenters. The largest absolute Gasteiger partial charge is 0.143 e. The Morgan fingerprint density at radius 2 is 1.02 bits per heavy atom. The van der Waals surface area contributed by atoms with E-state index in [0.717, 1.165) is 25.5 Å². The average molecular weight is 627 g/mol. The van der Waals surface area contributed by atoms with E-state index in [-0.39, 0.29) is 0 Å². The molecule has 0 saturated carbocycles. The third-order valence-electron chi connectivity index (χ3n) is 8.72. The minimum absolute atomic E-state index is 0.585. The Kier molecular flexibility index (Phi) is 12.3. The van der Waals surface area contributed by atoms with Gasteiger partial charge in [0.15, 0.2) is 0 Å². The summed E-state index contributed by atoms with van der Waals surface area (Å²) >= 11 is 7.75. The molecule has 6 heteroatoms. The molecular formula is C36H44B2S4. The number of benzene rings is 1. The van der Waals surface area contributed by atoms with E-state index in [9.17, 15) is 0 Å². The van der Waals surface area contributed by atoms with Crippen molar-refractivity contribution in [2.75, 3.05) is 0 Å². The van der Waals surface area contributed by atoms with Gasteiger partial charge in [0.2, 0.25) is 0 Å². The molecule has 2 unspecified atom stereocenters. The Balaban J connectivity index is 1.40. The SMILES string of the molecule is [B]CC(CCCCCC)Cc1ccc(-c2c3ccsc3c(-c3ccc(CC(C[B])CCCCCC)s3)c3ccsc23)s1. The lowest BCUT2D eigenvalue weighted by molar-refractivity contribution is 0.490. The van der Waals surface area contributed by atoms with Gasteiger partial charge >= 0.3 is 0 Å². The number of unbranched alkanes of at least 4 members (excludes halogenated alkanes) is 6. The number of hydrogen-bond acceptors (Lipinski definition) is 4. The van der Waals surface area contributed by atoms with Gasteiger partial charge in [0.05, 0.1) is 15.7 Å². The molecule has 0 fully saturated rings. The minimum atomic E-state index is 0.585. The molecule has 0 aliphatic rings. The summed E-state index contributed by atoms with van der Waals surface area (Å²) in [7, 11) is 12.4. The first-order valence-electron chi connectivity index (χ1n) is 16.1. The maximum absolute atomic E-state index is 6.22. The van der Waals surface area contributed by atoms with Crippen molar-refractivity contribution in [2.45, 2.75) is 104 Å². The second kappa shape index (κ2) is 16.1. The fourth-order valence-corrected chi connectivity index (χ4v) is 10.7. The second-order valence-corrected chi connectivity index (χ2v) is 16.1. The monoisotopic (exact) mass is 626 g/mol. The van der Waals surface area contributed by atoms with Crippen LogP contribution in [0.25, 0.3) is 41.1 Å². The number of thiophene rings is 4. The Morgan fingerprint density at radius 1 is 0.571 bits per heavy atom. The van der Waals surface area contributed by atoms with Gasteiger partial charge in [0.1, 0.15) is 0 Å². The molecule has 0 amide bonds. The molecule has 0 bridgehead atoms. The van der Waals surface area contributed by atoms with Crippen molar-refractivity contribution >= 4 is 81.2 Å². The summed E-state index contributed by atoms with van der Waals surface area (Å²) in [4.78, 5) is 5.74. The van der Waals surface area contributed by atoms with Crippen molar-refractivity contribution < 1.29 is 0 Å². The summed E-state index contributed by atoms with van der Waals surface area (Å²) < 4.78 is 2.84. The van der Waals surface area contributed by atoms with Crippen molar-refractivity contribution in [3.8, 4) is 20.9 Å². The molecule has 1 aromatic carbocycles. The van der Waals surface area contributed by atoms with Crippen LogP contribution in [0, 0.1) is 11.8 Å². The molecule has 4 aromatic heterocycles. The van der Waals surface area contributed by atoms with E-state index in [0.29, 0.717) is 11.8 Å². The lowest BCUT2D eigenvalue weighted by Crippen LogP contribution is -2.03. The van der Waals surface area contributed by atoms with E-state index >= 15 is 0 Å². The van der Waals surface area contributed by atoms with Crippen molar-refractivity contribution in [1.82, 2.24) is 0 Å². The molecule has 0 nitrogen and oxygen atoms in total. The minimum Gasteiger partial charge on any atom is -0.143 e. The van der Waals surface area contributed by atoms with E-state index < -0.39 is 0 Å². The highest BCUT2D eigenvalue weighted by molar-refractivity contribution is 7.22. The third-order valence-corrected chi connectivity index (χ3v) is 12.8. The molecule has 0 spiro atoms. The first kappa shape index (κ1) is 32.1. The van der Waals surface area contributed by atoms with Crippen LogP contribution in [0.4, 0.5) is 0 Å². The predicted molar refractivity (Wildman–Crippen MR) is 197 cm³/mol. The Hall–Kier alpha value is -1.33. The summed E-state index contributed by atoms with van der Waals surface area (Å²) in [6.45, 7) is 4.56. The van der Waals surface area contributed by atoms with Crippen LogP contribution in [0.2, 0.25) is 12.6 Å². The molecule has 42 heavy (non-hydrogen) atoms. The lowest BCUT2D eigenvalue weighted by Gasteiger charge is -2.14. The van der Waals surface area contributed by atoms with Crippen molar-refractivity contribution in [1.29, 1.82) is 0 Å². The van der Waals surface area contributed by atoms with E-state index in [4.69, 9.17) is 15.7 Å². The molecule has 0 N–H and O–H groups in total. The summed E-state index contributed by atoms with van der Waals surface area (Å²) in [5, 5.41) is 7.37. The highest BCUT2D eigenvalue weighted by atomic mass is 32.1. The maximum Gasteiger partial charge on any atom is 0.0656 e. The summed E-state index contributed by atoms with van der Waals surface area (Å²) in [5.74, 6) is 1.17. The number of fused-ring (bicyclic) bond motifs is 2. The summed E-state index contributed by atoms with van der Waals surface area (Å²) in [5.41, 5.74) is 2.85. The van der Waals surface area contributed by atoms with Crippen LogP contribution in [0.3, 0.4) is 0 Å². The van der Waals surface area contributed by atoms with Crippen molar-refractivity contribution in [3.63, 3.8) is 0 Å². The Bertz CT molecular complexity index is 1360. The fraction of sp³-hybridized carbons (Fsp3) is 0.500. The molecular weight excluding hydrogens is 582 g/mol. The van der Waals surface area contributed by atoms with Crippen LogP contribution in [0.1, 0.15) is 87.8 Å². The zero-order chi connectivity index (χ0) is 29.3. The van der Waals surface area contributed by atoms with Gasteiger partial charge in [-0.15, -0.1) is 45.3 Å². The maximum atomic E-state index is 6.22. The molecule has 5 rings (SSSR count). The highest BCUT2D eigenvalue weighted by Gasteiger charge is 2.21. The standard InChI is InChI=1S/C36H44B2S4/c1-3-5-7-9-11-25(23-37)21-27-13-15-31(41-27)33-29-17-19-40-36(29)34(30-18-20-39-35(30)33)32-16-14-28(42-32)22-26(24-38)12-10-8-6-4-2/h13-20,25-26H,3-12,21-24H2,1-2H3. The summed E-state index contributed by atoms with van der Waals surface area (Å²) in [6.07, 6.45) is 16.8. The zero-order valence-corrected chi connectivity index (χ0v) is 28.7. The summed E-state index contributed by atoms with van der Waals surface area (Å²) in [6, 6.07) is 14.2. The van der Waals surface area contributed by atoms with Gasteiger partial charge in [-0.2, -0.15) is 0 Å². The average Bonchev–Trinajstić information content (AvgIpc) is 3.83. The van der Waals surface area contributed by atoms with Crippen LogP contribution in [-0.4, -0.2) is 15.7 Å². The second-order valence-electron chi connectivity index (χ2n) is 11.9. The zero-order valence-electron chi connectivity index (χ0n) is 25.5. The van der Waals surface area contributed by atoms with Crippen LogP contribution in [0.15, 0.2) is 47.2 Å².